The molecule has 0 aromatic rings. The molecule has 0 saturated carbocycles. The van der Waals surface area contributed by atoms with Crippen molar-refractivity contribution in [2.24, 2.45) is 0 Å². The monoisotopic (exact) mass is 216 g/mol. The minimum atomic E-state index is -4.38. The summed E-state index contributed by atoms with van der Waals surface area (Å²) in [6.07, 6.45) is -4.83. The summed E-state index contributed by atoms with van der Waals surface area (Å²) in [7, 11) is -1.85. The molecule has 3 nitrogen and oxygen atoms in total. The number of rotatable bonds is 3. The van der Waals surface area contributed by atoms with Crippen LogP contribution in [0, 0.1) is 0 Å². The van der Waals surface area contributed by atoms with Crippen molar-refractivity contribution in [3.63, 3.8) is 0 Å². The zero-order valence-electron chi connectivity index (χ0n) is 6.58. The van der Waals surface area contributed by atoms with E-state index in [4.69, 9.17) is 4.52 Å². The Hall–Kier alpha value is -0.160. The first-order valence-corrected chi connectivity index (χ1v) is 4.54. The van der Waals surface area contributed by atoms with Gasteiger partial charge in [0.05, 0.1) is 13.2 Å². The molecule has 1 saturated heterocycles. The summed E-state index contributed by atoms with van der Waals surface area (Å²) in [4.78, 5) is 0. The van der Waals surface area contributed by atoms with E-state index in [0.29, 0.717) is 0 Å². The van der Waals surface area contributed by atoms with E-state index in [1.165, 1.54) is 6.08 Å². The fourth-order valence-corrected chi connectivity index (χ4v) is 1.70. The van der Waals surface area contributed by atoms with Gasteiger partial charge in [0.2, 0.25) is 0 Å². The summed E-state index contributed by atoms with van der Waals surface area (Å²) in [5.74, 6) is 0. The second kappa shape index (κ2) is 4.37. The van der Waals surface area contributed by atoms with Gasteiger partial charge >= 0.3 is 14.8 Å². The van der Waals surface area contributed by atoms with Crippen LogP contribution in [0.4, 0.5) is 13.2 Å². The van der Waals surface area contributed by atoms with Crippen LogP contribution in [0.2, 0.25) is 0 Å². The van der Waals surface area contributed by atoms with E-state index in [1.807, 2.05) is 0 Å². The summed E-state index contributed by atoms with van der Waals surface area (Å²) in [5.41, 5.74) is 0. The maximum Gasteiger partial charge on any atom is 0.417 e. The lowest BCUT2D eigenvalue weighted by Crippen LogP contribution is -2.29. The lowest BCUT2D eigenvalue weighted by molar-refractivity contribution is -0.190. The van der Waals surface area contributed by atoms with E-state index >= 15 is 0 Å². The Morgan fingerprint density at radius 2 is 2.31 bits per heavy atom. The first kappa shape index (κ1) is 10.9. The van der Waals surface area contributed by atoms with Gasteiger partial charge in [-0.1, -0.05) is 6.08 Å². The van der Waals surface area contributed by atoms with Crippen LogP contribution in [0.5, 0.6) is 0 Å². The van der Waals surface area contributed by atoms with E-state index in [9.17, 15) is 13.2 Å². The molecule has 1 heterocycles. The van der Waals surface area contributed by atoms with Crippen molar-refractivity contribution in [3.8, 4) is 0 Å². The van der Waals surface area contributed by atoms with Crippen LogP contribution >= 0.6 is 8.60 Å². The second-order valence-electron chi connectivity index (χ2n) is 2.24. The maximum absolute atomic E-state index is 12.0. The molecule has 0 aromatic heterocycles. The van der Waals surface area contributed by atoms with Crippen LogP contribution in [0.25, 0.3) is 0 Å². The molecule has 2 unspecified atom stereocenters. The molecule has 13 heavy (non-hydrogen) atoms. The van der Waals surface area contributed by atoms with Gasteiger partial charge < -0.3 is 9.05 Å². The topological polar surface area (TPSA) is 27.7 Å². The van der Waals surface area contributed by atoms with E-state index < -0.39 is 27.5 Å². The molecule has 0 spiro atoms. The highest BCUT2D eigenvalue weighted by molar-refractivity contribution is 7.42. The van der Waals surface area contributed by atoms with Crippen LogP contribution in [0.15, 0.2) is 12.7 Å². The van der Waals surface area contributed by atoms with Crippen LogP contribution in [-0.2, 0) is 13.6 Å². The minimum absolute atomic E-state index is 0.121. The third-order valence-electron chi connectivity index (χ3n) is 1.21. The first-order valence-electron chi connectivity index (χ1n) is 3.44. The van der Waals surface area contributed by atoms with E-state index in [-0.39, 0.29) is 6.61 Å². The van der Waals surface area contributed by atoms with Gasteiger partial charge in [-0.05, 0) is 0 Å². The third-order valence-corrected chi connectivity index (χ3v) is 2.35. The largest absolute Gasteiger partial charge is 0.417 e. The van der Waals surface area contributed by atoms with Crippen molar-refractivity contribution in [2.45, 2.75) is 12.3 Å². The van der Waals surface area contributed by atoms with Crippen molar-refractivity contribution in [1.82, 2.24) is 0 Å². The molecule has 0 N–H and O–H groups in total. The van der Waals surface area contributed by atoms with Crippen molar-refractivity contribution in [1.29, 1.82) is 0 Å². The SMILES string of the molecule is C=CCOP1OCC(C(F)(F)F)O1. The quantitative estimate of drug-likeness (QED) is 0.535. The predicted octanol–water partition coefficient (Wildman–Crippen LogP) is 2.39. The molecular weight excluding hydrogens is 208 g/mol. The van der Waals surface area contributed by atoms with Crippen LogP contribution in [-0.4, -0.2) is 25.5 Å². The normalized spacial score (nSPS) is 29.2. The van der Waals surface area contributed by atoms with Crippen LogP contribution < -0.4 is 0 Å². The number of alkyl halides is 3. The van der Waals surface area contributed by atoms with E-state index in [1.54, 1.807) is 0 Å². The smallest absolute Gasteiger partial charge is 0.309 e. The van der Waals surface area contributed by atoms with E-state index in [2.05, 4.69) is 15.6 Å². The highest BCUT2D eigenvalue weighted by Crippen LogP contribution is 2.49. The van der Waals surface area contributed by atoms with Gasteiger partial charge in [-0.3, -0.25) is 4.52 Å². The third kappa shape index (κ3) is 3.23. The molecule has 1 rings (SSSR count). The molecule has 0 bridgehead atoms. The molecule has 0 amide bonds. The Bertz CT molecular complexity index is 184. The van der Waals surface area contributed by atoms with Gasteiger partial charge in [-0.2, -0.15) is 13.2 Å². The van der Waals surface area contributed by atoms with Crippen molar-refractivity contribution in [2.75, 3.05) is 13.2 Å². The summed E-state index contributed by atoms with van der Waals surface area (Å²) >= 11 is 0. The standard InChI is InChI=1S/C6H8F3O3P/c1-2-3-10-13-11-4-5(12-13)6(7,8)9/h2,5H,1,3-4H2. The maximum atomic E-state index is 12.0. The van der Waals surface area contributed by atoms with Crippen LogP contribution in [0.3, 0.4) is 0 Å². The Labute approximate surface area is 74.5 Å². The fraction of sp³-hybridized carbons (Fsp3) is 0.667. The molecule has 76 valence electrons. The molecule has 7 heteroatoms. The summed E-state index contributed by atoms with van der Waals surface area (Å²) in [6.45, 7) is 2.97. The Morgan fingerprint density at radius 3 is 2.77 bits per heavy atom. The van der Waals surface area contributed by atoms with Gasteiger partial charge in [-0.25, -0.2) is 0 Å². The Balaban J connectivity index is 2.32. The summed E-state index contributed by atoms with van der Waals surface area (Å²) in [5, 5.41) is 0. The lowest BCUT2D eigenvalue weighted by atomic mass is 10.4. The Morgan fingerprint density at radius 1 is 1.62 bits per heavy atom. The zero-order chi connectivity index (χ0) is 9.90. The lowest BCUT2D eigenvalue weighted by Gasteiger charge is -2.12. The molecule has 0 radical (unpaired) electrons. The molecule has 1 fully saturated rings. The number of halogens is 3. The molecule has 1 aliphatic heterocycles. The second-order valence-corrected chi connectivity index (χ2v) is 3.41. The molecule has 0 aliphatic carbocycles. The van der Waals surface area contributed by atoms with Gasteiger partial charge in [-0.15, -0.1) is 6.58 Å². The average Bonchev–Trinajstić information content (AvgIpc) is 2.47. The Kier molecular flexibility index (Phi) is 3.67. The highest BCUT2D eigenvalue weighted by Gasteiger charge is 2.47. The minimum Gasteiger partial charge on any atom is -0.309 e. The van der Waals surface area contributed by atoms with Gasteiger partial charge in [0.15, 0.2) is 6.10 Å². The van der Waals surface area contributed by atoms with Crippen molar-refractivity contribution in [3.05, 3.63) is 12.7 Å². The zero-order valence-corrected chi connectivity index (χ0v) is 7.48. The summed E-state index contributed by atoms with van der Waals surface area (Å²) < 4.78 is 49.9. The summed E-state index contributed by atoms with van der Waals surface area (Å²) in [6, 6.07) is 0. The first-order chi connectivity index (χ1) is 6.04. The van der Waals surface area contributed by atoms with Gasteiger partial charge in [0.1, 0.15) is 0 Å². The van der Waals surface area contributed by atoms with Crippen molar-refractivity contribution >= 4 is 8.60 Å². The molecule has 1 aliphatic rings. The fourth-order valence-electron chi connectivity index (χ4n) is 0.629. The average molecular weight is 216 g/mol. The van der Waals surface area contributed by atoms with E-state index in [0.717, 1.165) is 0 Å². The molecule has 2 atom stereocenters. The van der Waals surface area contributed by atoms with Gasteiger partial charge in [0, 0.05) is 0 Å². The van der Waals surface area contributed by atoms with Gasteiger partial charge in [0.25, 0.3) is 0 Å². The number of hydrogen-bond donors (Lipinski definition) is 0. The molecular formula is C6H8F3O3P. The van der Waals surface area contributed by atoms with Crippen LogP contribution in [0.1, 0.15) is 0 Å². The highest BCUT2D eigenvalue weighted by atomic mass is 31.2. The van der Waals surface area contributed by atoms with Crippen molar-refractivity contribution < 1.29 is 26.7 Å². The molecule has 0 aromatic carbocycles. The predicted molar refractivity (Wildman–Crippen MR) is 39.9 cm³/mol. The number of hydrogen-bond acceptors (Lipinski definition) is 3.